The molecule has 2 rings (SSSR count). The van der Waals surface area contributed by atoms with Gasteiger partial charge < -0.3 is 0 Å². The normalized spacial score (nSPS) is 12.2. The molecule has 0 saturated heterocycles. The summed E-state index contributed by atoms with van der Waals surface area (Å²) in [5.41, 5.74) is 1.48. The molecule has 0 unspecified atom stereocenters. The molecule has 5 nitrogen and oxygen atoms in total. The average Bonchev–Trinajstić information content (AvgIpc) is 2.46. The molecule has 6 heteroatoms. The summed E-state index contributed by atoms with van der Waals surface area (Å²) in [6.07, 6.45) is 2.64. The molecule has 2 N–H and O–H groups in total. The second kappa shape index (κ2) is 3.55. The van der Waals surface area contributed by atoms with Gasteiger partial charge in [-0.05, 0) is 24.1 Å². The Morgan fingerprint density at radius 1 is 1.50 bits per heavy atom. The minimum Gasteiger partial charge on any atom is -0.295 e. The number of aromatic amines is 2. The van der Waals surface area contributed by atoms with Crippen LogP contribution in [0.1, 0.15) is 26.3 Å². The molecular formula is C10H14N4OS. The van der Waals surface area contributed by atoms with Crippen molar-refractivity contribution < 1.29 is 0 Å². The molecule has 0 bridgehead atoms. The van der Waals surface area contributed by atoms with Crippen molar-refractivity contribution in [2.45, 2.75) is 27.2 Å². The second-order valence-electron chi connectivity index (χ2n) is 5.04. The van der Waals surface area contributed by atoms with Crippen molar-refractivity contribution in [3.05, 3.63) is 27.0 Å². The molecule has 16 heavy (non-hydrogen) atoms. The SMILES string of the molecule is CC(C)(C)Cc1c[nH]n2c(=O)[nH]c(=S)nc12. The molecule has 0 saturated carbocycles. The quantitative estimate of drug-likeness (QED) is 0.743. The summed E-state index contributed by atoms with van der Waals surface area (Å²) in [7, 11) is 0. The van der Waals surface area contributed by atoms with Gasteiger partial charge >= 0.3 is 5.69 Å². The van der Waals surface area contributed by atoms with Crippen molar-refractivity contribution in [1.29, 1.82) is 0 Å². The van der Waals surface area contributed by atoms with Gasteiger partial charge in [0.05, 0.1) is 0 Å². The van der Waals surface area contributed by atoms with Gasteiger partial charge in [0.2, 0.25) is 4.77 Å². The van der Waals surface area contributed by atoms with Crippen LogP contribution in [0, 0.1) is 10.2 Å². The fourth-order valence-electron chi connectivity index (χ4n) is 1.66. The monoisotopic (exact) mass is 238 g/mol. The van der Waals surface area contributed by atoms with Crippen LogP contribution >= 0.6 is 12.2 Å². The van der Waals surface area contributed by atoms with Gasteiger partial charge in [0.15, 0.2) is 5.65 Å². The zero-order valence-electron chi connectivity index (χ0n) is 9.50. The van der Waals surface area contributed by atoms with E-state index in [9.17, 15) is 4.79 Å². The summed E-state index contributed by atoms with van der Waals surface area (Å²) in [4.78, 5) is 18.2. The Hall–Kier alpha value is -1.43. The Bertz CT molecular complexity index is 629. The van der Waals surface area contributed by atoms with E-state index in [1.54, 1.807) is 6.20 Å². The third kappa shape index (κ3) is 2.06. The second-order valence-corrected chi connectivity index (χ2v) is 5.43. The van der Waals surface area contributed by atoms with Gasteiger partial charge in [-0.2, -0.15) is 4.52 Å². The molecular weight excluding hydrogens is 224 g/mol. The van der Waals surface area contributed by atoms with Gasteiger partial charge in [0.25, 0.3) is 0 Å². The Morgan fingerprint density at radius 3 is 2.81 bits per heavy atom. The smallest absolute Gasteiger partial charge is 0.295 e. The van der Waals surface area contributed by atoms with Crippen LogP contribution in [0.25, 0.3) is 5.65 Å². The molecule has 0 aliphatic rings. The zero-order valence-corrected chi connectivity index (χ0v) is 10.3. The van der Waals surface area contributed by atoms with Crippen molar-refractivity contribution in [1.82, 2.24) is 19.6 Å². The maximum absolute atomic E-state index is 11.5. The standard InChI is InChI=1S/C10H14N4OS/c1-10(2,3)4-6-5-11-14-7(6)12-8(16)13-9(14)15/h5,11H,4H2,1-3H3,(H,13,15,16). The third-order valence-corrected chi connectivity index (χ3v) is 2.41. The van der Waals surface area contributed by atoms with Gasteiger partial charge in [0, 0.05) is 11.8 Å². The van der Waals surface area contributed by atoms with E-state index in [2.05, 4.69) is 35.8 Å². The lowest BCUT2D eigenvalue weighted by molar-refractivity contribution is 0.412. The molecule has 2 aromatic rings. The molecule has 0 aliphatic carbocycles. The number of nitrogens with zero attached hydrogens (tertiary/aromatic N) is 2. The first kappa shape index (κ1) is 11.1. The van der Waals surface area contributed by atoms with Crippen LogP contribution in [-0.2, 0) is 6.42 Å². The number of hydrogen-bond donors (Lipinski definition) is 2. The van der Waals surface area contributed by atoms with E-state index >= 15 is 0 Å². The largest absolute Gasteiger partial charge is 0.348 e. The molecule has 0 fully saturated rings. The van der Waals surface area contributed by atoms with Crippen molar-refractivity contribution in [2.24, 2.45) is 5.41 Å². The summed E-state index contributed by atoms with van der Waals surface area (Å²) >= 11 is 4.90. The molecule has 0 radical (unpaired) electrons. The topological polar surface area (TPSA) is 65.9 Å². The maximum Gasteiger partial charge on any atom is 0.348 e. The van der Waals surface area contributed by atoms with Crippen molar-refractivity contribution in [3.63, 3.8) is 0 Å². The lowest BCUT2D eigenvalue weighted by atomic mass is 9.89. The fourth-order valence-corrected chi connectivity index (χ4v) is 1.84. The Morgan fingerprint density at radius 2 is 2.19 bits per heavy atom. The van der Waals surface area contributed by atoms with Gasteiger partial charge in [-0.1, -0.05) is 20.8 Å². The van der Waals surface area contributed by atoms with Crippen molar-refractivity contribution in [2.75, 3.05) is 0 Å². The Kier molecular flexibility index (Phi) is 2.46. The highest BCUT2D eigenvalue weighted by atomic mass is 32.1. The Labute approximate surface area is 97.5 Å². The van der Waals surface area contributed by atoms with Crippen LogP contribution in [0.4, 0.5) is 0 Å². The minimum absolute atomic E-state index is 0.140. The fraction of sp³-hybridized carbons (Fsp3) is 0.500. The highest BCUT2D eigenvalue weighted by Gasteiger charge is 2.15. The highest BCUT2D eigenvalue weighted by Crippen LogP contribution is 2.21. The molecule has 2 aromatic heterocycles. The number of hydrogen-bond acceptors (Lipinski definition) is 3. The highest BCUT2D eigenvalue weighted by molar-refractivity contribution is 7.71. The first-order valence-electron chi connectivity index (χ1n) is 5.06. The minimum atomic E-state index is -0.282. The predicted octanol–water partition coefficient (Wildman–Crippen LogP) is 1.67. The first-order chi connectivity index (χ1) is 7.37. The molecule has 2 heterocycles. The molecule has 86 valence electrons. The van der Waals surface area contributed by atoms with E-state index in [0.717, 1.165) is 12.0 Å². The summed E-state index contributed by atoms with van der Waals surface area (Å²) < 4.78 is 1.59. The first-order valence-corrected chi connectivity index (χ1v) is 5.47. The van der Waals surface area contributed by atoms with Crippen LogP contribution in [0.2, 0.25) is 0 Å². The van der Waals surface area contributed by atoms with E-state index in [-0.39, 0.29) is 15.9 Å². The lowest BCUT2D eigenvalue weighted by Crippen LogP contribution is -2.19. The number of fused-ring (bicyclic) bond motifs is 1. The van der Waals surface area contributed by atoms with Gasteiger partial charge in [-0.3, -0.25) is 10.1 Å². The zero-order chi connectivity index (χ0) is 11.9. The predicted molar refractivity (Wildman–Crippen MR) is 64.2 cm³/mol. The van der Waals surface area contributed by atoms with E-state index < -0.39 is 0 Å². The van der Waals surface area contributed by atoms with Crippen LogP contribution in [0.5, 0.6) is 0 Å². The maximum atomic E-state index is 11.5. The summed E-state index contributed by atoms with van der Waals surface area (Å²) in [5, 5.41) is 2.87. The number of aromatic nitrogens is 4. The van der Waals surface area contributed by atoms with Gasteiger partial charge in [-0.25, -0.2) is 9.78 Å². The van der Waals surface area contributed by atoms with Crippen molar-refractivity contribution in [3.8, 4) is 0 Å². The molecule has 0 aliphatic heterocycles. The number of nitrogens with one attached hydrogen (secondary N) is 2. The molecule has 0 spiro atoms. The van der Waals surface area contributed by atoms with E-state index in [4.69, 9.17) is 12.2 Å². The van der Waals surface area contributed by atoms with E-state index in [0.29, 0.717) is 5.65 Å². The van der Waals surface area contributed by atoms with Crippen LogP contribution in [-0.4, -0.2) is 19.6 Å². The lowest BCUT2D eigenvalue weighted by Gasteiger charge is -2.16. The molecule has 0 amide bonds. The van der Waals surface area contributed by atoms with Crippen molar-refractivity contribution >= 4 is 17.9 Å². The third-order valence-electron chi connectivity index (χ3n) is 2.21. The molecule has 0 aromatic carbocycles. The van der Waals surface area contributed by atoms with Crippen LogP contribution in [0.3, 0.4) is 0 Å². The summed E-state index contributed by atoms with van der Waals surface area (Å²) in [5.74, 6) is 0. The Balaban J connectivity index is 2.65. The van der Waals surface area contributed by atoms with E-state index in [1.165, 1.54) is 4.52 Å². The van der Waals surface area contributed by atoms with Crippen LogP contribution < -0.4 is 5.69 Å². The van der Waals surface area contributed by atoms with Crippen LogP contribution in [0.15, 0.2) is 11.0 Å². The summed E-state index contributed by atoms with van der Waals surface area (Å²) in [6.45, 7) is 6.41. The number of H-pyrrole nitrogens is 2. The van der Waals surface area contributed by atoms with Gasteiger partial charge in [-0.15, -0.1) is 0 Å². The van der Waals surface area contributed by atoms with E-state index in [1.807, 2.05) is 0 Å². The number of rotatable bonds is 1. The average molecular weight is 238 g/mol. The molecule has 0 atom stereocenters. The summed E-state index contributed by atoms with van der Waals surface area (Å²) in [6, 6.07) is 0. The van der Waals surface area contributed by atoms with Gasteiger partial charge in [0.1, 0.15) is 0 Å².